The highest BCUT2D eigenvalue weighted by Gasteiger charge is 2.06. The van der Waals surface area contributed by atoms with Crippen LogP contribution in [0.4, 0.5) is 11.4 Å². The number of hydrogen-bond acceptors (Lipinski definition) is 4. The molecule has 3 rings (SSSR count). The van der Waals surface area contributed by atoms with Crippen LogP contribution in [0, 0.1) is 10.1 Å². The number of anilines is 1. The van der Waals surface area contributed by atoms with E-state index in [2.05, 4.69) is 10.3 Å². The zero-order valence-corrected chi connectivity index (χ0v) is 12.5. The maximum absolute atomic E-state index is 12.1. The minimum atomic E-state index is -0.473. The first-order chi connectivity index (χ1) is 11.6. The number of para-hydroxylation sites is 1. The average molecular weight is 319 g/mol. The number of pyridine rings is 1. The van der Waals surface area contributed by atoms with Gasteiger partial charge in [0.25, 0.3) is 5.69 Å². The van der Waals surface area contributed by atoms with Crippen molar-refractivity contribution < 1.29 is 9.72 Å². The van der Waals surface area contributed by atoms with Crippen molar-refractivity contribution in [2.24, 2.45) is 0 Å². The molecule has 118 valence electrons. The van der Waals surface area contributed by atoms with E-state index in [0.717, 1.165) is 5.39 Å². The Kier molecular flexibility index (Phi) is 4.29. The van der Waals surface area contributed by atoms with E-state index in [9.17, 15) is 14.9 Å². The maximum atomic E-state index is 12.1. The van der Waals surface area contributed by atoms with Crippen LogP contribution in [-0.4, -0.2) is 15.8 Å². The quantitative estimate of drug-likeness (QED) is 0.450. The number of amides is 1. The van der Waals surface area contributed by atoms with Gasteiger partial charge in [0.05, 0.1) is 16.1 Å². The van der Waals surface area contributed by atoms with Crippen molar-refractivity contribution in [3.8, 4) is 0 Å². The Hall–Kier alpha value is -3.54. The SMILES string of the molecule is O=C(/C=C/c1cccc([N+](=O)[O-])c1)Nc1cccc2cccnc12. The van der Waals surface area contributed by atoms with Crippen molar-refractivity contribution in [2.45, 2.75) is 0 Å². The molecule has 6 heteroatoms. The molecule has 3 aromatic rings. The predicted molar refractivity (Wildman–Crippen MR) is 92.5 cm³/mol. The molecule has 0 aliphatic carbocycles. The van der Waals surface area contributed by atoms with Crippen molar-refractivity contribution >= 4 is 34.3 Å². The van der Waals surface area contributed by atoms with E-state index >= 15 is 0 Å². The summed E-state index contributed by atoms with van der Waals surface area (Å²) < 4.78 is 0. The summed E-state index contributed by atoms with van der Waals surface area (Å²) >= 11 is 0. The van der Waals surface area contributed by atoms with Gasteiger partial charge in [0.1, 0.15) is 0 Å². The van der Waals surface area contributed by atoms with Crippen LogP contribution in [-0.2, 0) is 4.79 Å². The molecule has 1 heterocycles. The molecule has 6 nitrogen and oxygen atoms in total. The van der Waals surface area contributed by atoms with Crippen LogP contribution in [0.5, 0.6) is 0 Å². The van der Waals surface area contributed by atoms with Crippen LogP contribution in [0.1, 0.15) is 5.56 Å². The number of aromatic nitrogens is 1. The highest BCUT2D eigenvalue weighted by atomic mass is 16.6. The number of nitrogens with one attached hydrogen (secondary N) is 1. The molecule has 0 saturated carbocycles. The number of fused-ring (bicyclic) bond motifs is 1. The summed E-state index contributed by atoms with van der Waals surface area (Å²) in [5, 5.41) is 14.5. The monoisotopic (exact) mass is 319 g/mol. The van der Waals surface area contributed by atoms with Crippen LogP contribution in [0.15, 0.2) is 66.9 Å². The van der Waals surface area contributed by atoms with E-state index < -0.39 is 4.92 Å². The lowest BCUT2D eigenvalue weighted by Crippen LogP contribution is -2.08. The standard InChI is InChI=1S/C18H13N3O3/c22-17(10-9-13-4-1-7-15(12-13)21(23)24)20-16-8-2-5-14-6-3-11-19-18(14)16/h1-12H,(H,20,22)/b10-9+. The van der Waals surface area contributed by atoms with Crippen molar-refractivity contribution in [3.05, 3.63) is 82.5 Å². The molecule has 24 heavy (non-hydrogen) atoms. The second-order valence-electron chi connectivity index (χ2n) is 5.06. The number of benzene rings is 2. The van der Waals surface area contributed by atoms with Gasteiger partial charge in [-0.2, -0.15) is 0 Å². The zero-order chi connectivity index (χ0) is 16.9. The average Bonchev–Trinajstić information content (AvgIpc) is 2.60. The van der Waals surface area contributed by atoms with Crippen LogP contribution in [0.25, 0.3) is 17.0 Å². The van der Waals surface area contributed by atoms with Crippen LogP contribution < -0.4 is 5.32 Å². The van der Waals surface area contributed by atoms with Gasteiger partial charge < -0.3 is 5.32 Å². The molecule has 1 aromatic heterocycles. The summed E-state index contributed by atoms with van der Waals surface area (Å²) in [6, 6.07) is 15.3. The number of nitrogens with zero attached hydrogens (tertiary/aromatic N) is 2. The number of nitro groups is 1. The minimum absolute atomic E-state index is 0.0178. The third-order valence-corrected chi connectivity index (χ3v) is 3.40. The van der Waals surface area contributed by atoms with Crippen LogP contribution >= 0.6 is 0 Å². The van der Waals surface area contributed by atoms with Gasteiger partial charge in [-0.15, -0.1) is 0 Å². The summed E-state index contributed by atoms with van der Waals surface area (Å²) in [6.07, 6.45) is 4.53. The van der Waals surface area contributed by atoms with Crippen molar-refractivity contribution in [1.82, 2.24) is 4.98 Å². The summed E-state index contributed by atoms with van der Waals surface area (Å²) in [4.78, 5) is 26.6. The summed E-state index contributed by atoms with van der Waals surface area (Å²) in [5.41, 5.74) is 1.88. The number of non-ortho nitro benzene ring substituents is 1. The molecule has 0 radical (unpaired) electrons. The number of rotatable bonds is 4. The fraction of sp³-hybridized carbons (Fsp3) is 0. The fourth-order valence-electron chi connectivity index (χ4n) is 2.29. The topological polar surface area (TPSA) is 85.1 Å². The summed E-state index contributed by atoms with van der Waals surface area (Å²) in [7, 11) is 0. The van der Waals surface area contributed by atoms with Crippen LogP contribution in [0.3, 0.4) is 0 Å². The number of carbonyl (C=O) groups is 1. The van der Waals surface area contributed by atoms with Gasteiger partial charge >= 0.3 is 0 Å². The third-order valence-electron chi connectivity index (χ3n) is 3.40. The first-order valence-electron chi connectivity index (χ1n) is 7.21. The zero-order valence-electron chi connectivity index (χ0n) is 12.5. The summed E-state index contributed by atoms with van der Waals surface area (Å²) in [5.74, 6) is -0.334. The minimum Gasteiger partial charge on any atom is -0.321 e. The molecule has 1 amide bonds. The lowest BCUT2D eigenvalue weighted by molar-refractivity contribution is -0.384. The molecule has 2 aromatic carbocycles. The van der Waals surface area contributed by atoms with E-state index in [4.69, 9.17) is 0 Å². The maximum Gasteiger partial charge on any atom is 0.270 e. The van der Waals surface area contributed by atoms with Crippen LogP contribution in [0.2, 0.25) is 0 Å². The van der Waals surface area contributed by atoms with E-state index in [1.54, 1.807) is 24.4 Å². The molecule has 0 aliphatic heterocycles. The Bertz CT molecular complexity index is 946. The second kappa shape index (κ2) is 6.70. The van der Waals surface area contributed by atoms with Gasteiger partial charge in [0.15, 0.2) is 0 Å². The highest BCUT2D eigenvalue weighted by molar-refractivity contribution is 6.06. The Morgan fingerprint density at radius 1 is 1.12 bits per heavy atom. The molecule has 0 bridgehead atoms. The molecule has 1 N–H and O–H groups in total. The lowest BCUT2D eigenvalue weighted by Gasteiger charge is -2.05. The smallest absolute Gasteiger partial charge is 0.270 e. The molecule has 0 aliphatic rings. The molecule has 0 atom stereocenters. The van der Waals surface area contributed by atoms with Crippen molar-refractivity contribution in [2.75, 3.05) is 5.32 Å². The molecule has 0 fully saturated rings. The molecule has 0 saturated heterocycles. The predicted octanol–water partition coefficient (Wildman–Crippen LogP) is 3.79. The van der Waals surface area contributed by atoms with E-state index in [0.29, 0.717) is 16.8 Å². The van der Waals surface area contributed by atoms with Gasteiger partial charge in [-0.05, 0) is 23.8 Å². The van der Waals surface area contributed by atoms with E-state index in [-0.39, 0.29) is 11.6 Å². The normalized spacial score (nSPS) is 10.8. The fourth-order valence-corrected chi connectivity index (χ4v) is 2.29. The largest absolute Gasteiger partial charge is 0.321 e. The molecule has 0 unspecified atom stereocenters. The Morgan fingerprint density at radius 3 is 2.75 bits per heavy atom. The molecular formula is C18H13N3O3. The van der Waals surface area contributed by atoms with E-state index in [1.165, 1.54) is 24.3 Å². The summed E-state index contributed by atoms with van der Waals surface area (Å²) in [6.45, 7) is 0. The number of hydrogen-bond donors (Lipinski definition) is 1. The van der Waals surface area contributed by atoms with Gasteiger partial charge in [0.2, 0.25) is 5.91 Å². The van der Waals surface area contributed by atoms with Gasteiger partial charge in [-0.25, -0.2) is 0 Å². The number of nitro benzene ring substituents is 1. The van der Waals surface area contributed by atoms with E-state index in [1.807, 2.05) is 24.3 Å². The molecular weight excluding hydrogens is 306 g/mol. The Labute approximate surface area is 137 Å². The second-order valence-corrected chi connectivity index (χ2v) is 5.06. The molecule has 0 spiro atoms. The first kappa shape index (κ1) is 15.4. The van der Waals surface area contributed by atoms with Crippen molar-refractivity contribution in [3.63, 3.8) is 0 Å². The third kappa shape index (κ3) is 3.44. The lowest BCUT2D eigenvalue weighted by atomic mass is 10.2. The Balaban J connectivity index is 1.78. The van der Waals surface area contributed by atoms with Gasteiger partial charge in [-0.3, -0.25) is 19.9 Å². The highest BCUT2D eigenvalue weighted by Crippen LogP contribution is 2.20. The number of carbonyl (C=O) groups excluding carboxylic acids is 1. The van der Waals surface area contributed by atoms with Gasteiger partial charge in [0, 0.05) is 29.8 Å². The van der Waals surface area contributed by atoms with Crippen molar-refractivity contribution in [1.29, 1.82) is 0 Å². The Morgan fingerprint density at radius 2 is 1.92 bits per heavy atom. The first-order valence-corrected chi connectivity index (χ1v) is 7.21. The van der Waals surface area contributed by atoms with Gasteiger partial charge in [-0.1, -0.05) is 30.3 Å².